The quantitative estimate of drug-likeness (QED) is 0.374. The summed E-state index contributed by atoms with van der Waals surface area (Å²) in [4.78, 5) is 68.6. The van der Waals surface area contributed by atoms with Crippen LogP contribution in [0, 0.1) is 0 Å². The van der Waals surface area contributed by atoms with Crippen molar-refractivity contribution in [1.29, 1.82) is 0 Å². The molecule has 0 radical (unpaired) electrons. The van der Waals surface area contributed by atoms with Crippen molar-refractivity contribution in [2.75, 3.05) is 107 Å². The molecule has 304 valence electrons. The van der Waals surface area contributed by atoms with Crippen molar-refractivity contribution in [3.8, 4) is 0 Å². The SMILES string of the molecule is COC1C(=O)N2CCOCCOCCN3C(=O)C(OC)C3c3cccc(n3)C3C(OC)C(=O)N3CCOCCOCCN3C(=O)C(OC)C3c3cccc(n3)C12. The van der Waals surface area contributed by atoms with Crippen LogP contribution >= 0.6 is 0 Å². The van der Waals surface area contributed by atoms with Crippen LogP contribution in [0.3, 0.4) is 0 Å². The second-order valence-electron chi connectivity index (χ2n) is 14.0. The lowest BCUT2D eigenvalue weighted by Gasteiger charge is -2.47. The number of aromatic nitrogens is 2. The highest BCUT2D eigenvalue weighted by Gasteiger charge is 2.53. The number of hydrogen-bond acceptors (Lipinski definition) is 14. The topological polar surface area (TPSA) is 181 Å². The molecule has 0 N–H and O–H groups in total. The Balaban J connectivity index is 1.04. The van der Waals surface area contributed by atoms with Crippen molar-refractivity contribution < 1.29 is 57.1 Å². The molecule has 2 aromatic rings. The van der Waals surface area contributed by atoms with Gasteiger partial charge in [0.15, 0.2) is 24.4 Å². The zero-order valence-corrected chi connectivity index (χ0v) is 32.2. The first-order chi connectivity index (χ1) is 27.3. The predicted octanol–water partition coefficient (Wildman–Crippen LogP) is -0.150. The van der Waals surface area contributed by atoms with Gasteiger partial charge in [-0.2, -0.15) is 0 Å². The third-order valence-corrected chi connectivity index (χ3v) is 11.1. The number of β-lactam (4-membered cyclic amide) rings is 4. The molecular weight excluding hydrogens is 732 g/mol. The van der Waals surface area contributed by atoms with Gasteiger partial charge in [0.1, 0.15) is 24.2 Å². The van der Waals surface area contributed by atoms with Crippen LogP contribution in [-0.4, -0.2) is 185 Å². The van der Waals surface area contributed by atoms with Gasteiger partial charge in [0.2, 0.25) is 0 Å². The minimum absolute atomic E-state index is 0.160. The molecule has 4 bridgehead atoms. The van der Waals surface area contributed by atoms with E-state index in [9.17, 15) is 19.2 Å². The number of hydrogen-bond donors (Lipinski definition) is 0. The second-order valence-corrected chi connectivity index (χ2v) is 14.0. The van der Waals surface area contributed by atoms with Crippen LogP contribution < -0.4 is 0 Å². The molecule has 56 heavy (non-hydrogen) atoms. The number of rotatable bonds is 4. The van der Waals surface area contributed by atoms with Crippen molar-refractivity contribution in [3.05, 3.63) is 59.2 Å². The Morgan fingerprint density at radius 1 is 0.429 bits per heavy atom. The highest BCUT2D eigenvalue weighted by molar-refractivity contribution is 5.90. The molecule has 0 aromatic carbocycles. The normalized spacial score (nSPS) is 31.1. The van der Waals surface area contributed by atoms with Gasteiger partial charge in [0.25, 0.3) is 23.6 Å². The van der Waals surface area contributed by atoms with E-state index in [-0.39, 0.29) is 76.5 Å². The molecule has 0 spiro atoms. The average Bonchev–Trinajstić information content (AvgIpc) is 3.20. The van der Waals surface area contributed by atoms with Gasteiger partial charge in [-0.25, -0.2) is 0 Å². The number of ether oxygens (including phenoxy) is 8. The number of pyridine rings is 2. The minimum atomic E-state index is -0.693. The van der Waals surface area contributed by atoms with Gasteiger partial charge in [0, 0.05) is 54.6 Å². The summed E-state index contributed by atoms with van der Waals surface area (Å²) in [7, 11) is 5.99. The molecule has 5 aliphatic rings. The van der Waals surface area contributed by atoms with Crippen LogP contribution in [0.15, 0.2) is 36.4 Å². The lowest BCUT2D eigenvalue weighted by molar-refractivity contribution is -0.175. The highest BCUT2D eigenvalue weighted by Crippen LogP contribution is 2.41. The van der Waals surface area contributed by atoms with Gasteiger partial charge in [-0.15, -0.1) is 0 Å². The molecule has 8 unspecified atom stereocenters. The molecule has 0 saturated carbocycles. The Bertz CT molecular complexity index is 1500. The first kappa shape index (κ1) is 40.1. The molecule has 0 aliphatic carbocycles. The summed E-state index contributed by atoms with van der Waals surface area (Å²) in [5.41, 5.74) is 2.56. The van der Waals surface area contributed by atoms with E-state index < -0.39 is 48.6 Å². The van der Waals surface area contributed by atoms with E-state index in [4.69, 9.17) is 47.9 Å². The van der Waals surface area contributed by atoms with Crippen LogP contribution in [0.1, 0.15) is 46.9 Å². The summed E-state index contributed by atoms with van der Waals surface area (Å²) >= 11 is 0. The van der Waals surface area contributed by atoms with E-state index in [0.717, 1.165) is 0 Å². The standard InChI is InChI=1S/C38H50N6O12/c1-49-31-27-23-7-5-8-24(39-23)28-32(50-2)36(46)42(28)12-16-55-21-22-56-18-14-44-30(34(52-4)38(44)48)26-10-6-9-25(40-26)29-33(51-3)37(47)43(29)13-17-54-20-19-53-15-11-41(27)35(31)45/h5-10,27-34H,11-22H2,1-4H3. The highest BCUT2D eigenvalue weighted by atomic mass is 16.5. The Morgan fingerprint density at radius 2 is 0.661 bits per heavy atom. The summed E-state index contributed by atoms with van der Waals surface area (Å²) in [6.07, 6.45) is -2.77. The van der Waals surface area contributed by atoms with Crippen LogP contribution in [0.2, 0.25) is 0 Å². The molecular formula is C38H50N6O12. The first-order valence-electron chi connectivity index (χ1n) is 18.9. The third kappa shape index (κ3) is 7.51. The third-order valence-electron chi connectivity index (χ3n) is 11.1. The maximum atomic E-state index is 13.0. The molecule has 8 atom stereocenters. The molecule has 4 saturated heterocycles. The lowest BCUT2D eigenvalue weighted by atomic mass is 9.91. The summed E-state index contributed by atoms with van der Waals surface area (Å²) in [5.74, 6) is -0.641. The minimum Gasteiger partial charge on any atom is -0.377 e. The Morgan fingerprint density at radius 3 is 0.875 bits per heavy atom. The second kappa shape index (κ2) is 18.0. The maximum Gasteiger partial charge on any atom is 0.255 e. The molecule has 7 heterocycles. The van der Waals surface area contributed by atoms with E-state index in [0.29, 0.717) is 49.0 Å². The first-order valence-corrected chi connectivity index (χ1v) is 18.9. The van der Waals surface area contributed by atoms with Gasteiger partial charge in [-0.05, 0) is 24.3 Å². The van der Waals surface area contributed by atoms with Gasteiger partial charge < -0.3 is 57.5 Å². The number of methoxy groups -OCH3 is 4. The van der Waals surface area contributed by atoms with Crippen molar-refractivity contribution in [2.45, 2.75) is 48.6 Å². The molecule has 2 aromatic heterocycles. The van der Waals surface area contributed by atoms with Crippen LogP contribution in [0.4, 0.5) is 0 Å². The molecule has 5 aliphatic heterocycles. The molecule has 18 nitrogen and oxygen atoms in total. The van der Waals surface area contributed by atoms with E-state index in [2.05, 4.69) is 0 Å². The van der Waals surface area contributed by atoms with Gasteiger partial charge in [-0.3, -0.25) is 29.1 Å². The largest absolute Gasteiger partial charge is 0.377 e. The fourth-order valence-corrected chi connectivity index (χ4v) is 8.13. The smallest absolute Gasteiger partial charge is 0.255 e. The van der Waals surface area contributed by atoms with Crippen LogP contribution in [0.25, 0.3) is 0 Å². The van der Waals surface area contributed by atoms with E-state index in [1.165, 1.54) is 28.4 Å². The average molecular weight is 783 g/mol. The fourth-order valence-electron chi connectivity index (χ4n) is 8.13. The zero-order valence-electron chi connectivity index (χ0n) is 32.2. The summed E-state index contributed by atoms with van der Waals surface area (Å²) in [5, 5.41) is 0. The van der Waals surface area contributed by atoms with Crippen molar-refractivity contribution in [1.82, 2.24) is 29.6 Å². The van der Waals surface area contributed by atoms with Gasteiger partial charge >= 0.3 is 0 Å². The van der Waals surface area contributed by atoms with Crippen molar-refractivity contribution in [3.63, 3.8) is 0 Å². The molecule has 4 fully saturated rings. The Kier molecular flexibility index (Phi) is 12.9. The summed E-state index contributed by atoms with van der Waals surface area (Å²) < 4.78 is 45.5. The number of carbonyl (C=O) groups is 4. The Labute approximate surface area is 325 Å². The van der Waals surface area contributed by atoms with Crippen molar-refractivity contribution in [2.24, 2.45) is 0 Å². The number of carbonyl (C=O) groups excluding carboxylic acids is 4. The number of fused-ring (bicyclic) bond motifs is 12. The lowest BCUT2D eigenvalue weighted by Crippen LogP contribution is -2.61. The predicted molar refractivity (Wildman–Crippen MR) is 193 cm³/mol. The van der Waals surface area contributed by atoms with Gasteiger partial charge in [0.05, 0.1) is 75.6 Å². The van der Waals surface area contributed by atoms with E-state index in [1.54, 1.807) is 19.6 Å². The van der Waals surface area contributed by atoms with Crippen molar-refractivity contribution >= 4 is 23.6 Å². The van der Waals surface area contributed by atoms with E-state index >= 15 is 0 Å². The van der Waals surface area contributed by atoms with Crippen LogP contribution in [-0.2, 0) is 57.1 Å². The van der Waals surface area contributed by atoms with E-state index in [1.807, 2.05) is 36.4 Å². The molecule has 7 rings (SSSR count). The van der Waals surface area contributed by atoms with Crippen LogP contribution in [0.5, 0.6) is 0 Å². The summed E-state index contributed by atoms with van der Waals surface area (Å²) in [6, 6.07) is 9.36. The monoisotopic (exact) mass is 782 g/mol. The zero-order chi connectivity index (χ0) is 39.3. The number of amides is 4. The maximum absolute atomic E-state index is 13.0. The fraction of sp³-hybridized carbons (Fsp3) is 0.632. The molecule has 4 amide bonds. The summed E-state index contributed by atoms with van der Waals surface area (Å²) in [6.45, 7) is 3.46. The number of nitrogens with zero attached hydrogens (tertiary/aromatic N) is 6. The molecule has 18 heteroatoms. The van der Waals surface area contributed by atoms with Gasteiger partial charge in [-0.1, -0.05) is 12.1 Å². The Hall–Kier alpha value is -4.14.